The maximum Gasteiger partial charge on any atom is 0.337 e. The molecule has 0 radical (unpaired) electrons. The summed E-state index contributed by atoms with van der Waals surface area (Å²) in [7, 11) is 1.37. The minimum atomic E-state index is -0.351. The lowest BCUT2D eigenvalue weighted by atomic mass is 10.1. The number of nitrogens with zero attached hydrogens (tertiary/aromatic N) is 2. The number of aromatic nitrogens is 2. The van der Waals surface area contributed by atoms with Gasteiger partial charge in [-0.25, -0.2) is 9.78 Å². The van der Waals surface area contributed by atoms with Crippen molar-refractivity contribution in [3.63, 3.8) is 0 Å². The molecule has 0 amide bonds. The first kappa shape index (κ1) is 17.7. The fraction of sp³-hybridized carbons (Fsp3) is 0.389. The van der Waals surface area contributed by atoms with E-state index in [1.807, 2.05) is 25.1 Å². The van der Waals surface area contributed by atoms with Crippen LogP contribution in [0.1, 0.15) is 36.3 Å². The molecule has 0 aliphatic carbocycles. The molecule has 0 fully saturated rings. The molecule has 0 atom stereocenters. The summed E-state index contributed by atoms with van der Waals surface area (Å²) in [5.41, 5.74) is 2.23. The van der Waals surface area contributed by atoms with Gasteiger partial charge in [0, 0.05) is 24.0 Å². The summed E-state index contributed by atoms with van der Waals surface area (Å²) >= 11 is 0. The van der Waals surface area contributed by atoms with Gasteiger partial charge in [0.15, 0.2) is 0 Å². The number of benzene rings is 1. The second-order valence-corrected chi connectivity index (χ2v) is 6.02. The van der Waals surface area contributed by atoms with Crippen molar-refractivity contribution in [1.29, 1.82) is 0 Å². The molecule has 24 heavy (non-hydrogen) atoms. The number of carbonyl (C=O) groups is 1. The van der Waals surface area contributed by atoms with Crippen LogP contribution in [0.15, 0.2) is 30.3 Å². The Bertz CT molecular complexity index is 684. The lowest BCUT2D eigenvalue weighted by molar-refractivity contribution is 0.0601. The van der Waals surface area contributed by atoms with E-state index in [2.05, 4.69) is 34.4 Å². The number of rotatable bonds is 7. The molecule has 0 spiro atoms. The second-order valence-electron chi connectivity index (χ2n) is 6.02. The molecule has 1 heterocycles. The molecular formula is C18H24N4O2. The zero-order chi connectivity index (χ0) is 17.5. The average Bonchev–Trinajstić information content (AvgIpc) is 2.54. The smallest absolute Gasteiger partial charge is 0.337 e. The SMILES string of the molecule is COC(=O)c1ccc(Nc2cc(C)nc(NCCC(C)C)n2)cc1. The number of hydrogen-bond acceptors (Lipinski definition) is 6. The highest BCUT2D eigenvalue weighted by Crippen LogP contribution is 2.18. The van der Waals surface area contributed by atoms with Crippen LogP contribution < -0.4 is 10.6 Å². The van der Waals surface area contributed by atoms with E-state index in [9.17, 15) is 4.79 Å². The summed E-state index contributed by atoms with van der Waals surface area (Å²) in [5.74, 6) is 1.61. The summed E-state index contributed by atoms with van der Waals surface area (Å²) in [4.78, 5) is 20.3. The minimum absolute atomic E-state index is 0.351. The van der Waals surface area contributed by atoms with Gasteiger partial charge in [0.25, 0.3) is 0 Å². The number of carbonyl (C=O) groups excluding carboxylic acids is 1. The molecule has 6 nitrogen and oxygen atoms in total. The van der Waals surface area contributed by atoms with E-state index in [0.717, 1.165) is 24.3 Å². The van der Waals surface area contributed by atoms with Crippen LogP contribution in [0.4, 0.5) is 17.5 Å². The van der Waals surface area contributed by atoms with Gasteiger partial charge >= 0.3 is 5.97 Å². The van der Waals surface area contributed by atoms with Crippen molar-refractivity contribution in [1.82, 2.24) is 9.97 Å². The van der Waals surface area contributed by atoms with Gasteiger partial charge in [-0.1, -0.05) is 13.8 Å². The Hall–Kier alpha value is -2.63. The third-order valence-electron chi connectivity index (χ3n) is 3.44. The van der Waals surface area contributed by atoms with Crippen molar-refractivity contribution in [3.05, 3.63) is 41.6 Å². The van der Waals surface area contributed by atoms with E-state index in [-0.39, 0.29) is 5.97 Å². The topological polar surface area (TPSA) is 76.1 Å². The monoisotopic (exact) mass is 328 g/mol. The van der Waals surface area contributed by atoms with Crippen molar-refractivity contribution in [2.75, 3.05) is 24.3 Å². The van der Waals surface area contributed by atoms with Crippen LogP contribution in [0.25, 0.3) is 0 Å². The van der Waals surface area contributed by atoms with Crippen molar-refractivity contribution >= 4 is 23.4 Å². The van der Waals surface area contributed by atoms with Gasteiger partial charge in [-0.2, -0.15) is 4.98 Å². The molecule has 1 aromatic carbocycles. The number of hydrogen-bond donors (Lipinski definition) is 2. The van der Waals surface area contributed by atoms with E-state index >= 15 is 0 Å². The molecule has 0 saturated carbocycles. The summed E-state index contributed by atoms with van der Waals surface area (Å²) in [6, 6.07) is 8.93. The molecule has 1 aromatic heterocycles. The number of aryl methyl sites for hydroxylation is 1. The summed E-state index contributed by atoms with van der Waals surface area (Å²) in [5, 5.41) is 6.48. The normalized spacial score (nSPS) is 10.5. The van der Waals surface area contributed by atoms with Crippen LogP contribution in [0.3, 0.4) is 0 Å². The maximum absolute atomic E-state index is 11.4. The van der Waals surface area contributed by atoms with Crippen LogP contribution in [0, 0.1) is 12.8 Å². The van der Waals surface area contributed by atoms with Crippen LogP contribution in [0.2, 0.25) is 0 Å². The first-order valence-electron chi connectivity index (χ1n) is 8.03. The molecule has 0 aliphatic heterocycles. The highest BCUT2D eigenvalue weighted by atomic mass is 16.5. The van der Waals surface area contributed by atoms with Crippen LogP contribution >= 0.6 is 0 Å². The van der Waals surface area contributed by atoms with Crippen LogP contribution in [-0.2, 0) is 4.74 Å². The van der Waals surface area contributed by atoms with Crippen LogP contribution in [0.5, 0.6) is 0 Å². The number of ether oxygens (including phenoxy) is 1. The summed E-state index contributed by atoms with van der Waals surface area (Å²) in [6.45, 7) is 7.14. The Morgan fingerprint density at radius 3 is 2.54 bits per heavy atom. The molecule has 0 bridgehead atoms. The quantitative estimate of drug-likeness (QED) is 0.753. The van der Waals surface area contributed by atoms with Gasteiger partial charge < -0.3 is 15.4 Å². The third-order valence-corrected chi connectivity index (χ3v) is 3.44. The van der Waals surface area contributed by atoms with E-state index in [1.54, 1.807) is 12.1 Å². The van der Waals surface area contributed by atoms with Gasteiger partial charge in [0.2, 0.25) is 5.95 Å². The van der Waals surface area contributed by atoms with Crippen molar-refractivity contribution < 1.29 is 9.53 Å². The standard InChI is InChI=1S/C18H24N4O2/c1-12(2)9-10-19-18-20-13(3)11-16(22-18)21-15-7-5-14(6-8-15)17(23)24-4/h5-8,11-12H,9-10H2,1-4H3,(H2,19,20,21,22). The fourth-order valence-electron chi connectivity index (χ4n) is 2.14. The average molecular weight is 328 g/mol. The van der Waals surface area contributed by atoms with E-state index < -0.39 is 0 Å². The Morgan fingerprint density at radius 2 is 1.92 bits per heavy atom. The number of esters is 1. The molecule has 2 aromatic rings. The molecule has 2 rings (SSSR count). The van der Waals surface area contributed by atoms with E-state index in [1.165, 1.54) is 7.11 Å². The Morgan fingerprint density at radius 1 is 1.21 bits per heavy atom. The van der Waals surface area contributed by atoms with Gasteiger partial charge in [-0.15, -0.1) is 0 Å². The lowest BCUT2D eigenvalue weighted by Gasteiger charge is -2.11. The maximum atomic E-state index is 11.4. The predicted molar refractivity (Wildman–Crippen MR) is 95.8 cm³/mol. The first-order chi connectivity index (χ1) is 11.5. The van der Waals surface area contributed by atoms with Crippen molar-refractivity contribution in [2.45, 2.75) is 27.2 Å². The summed E-state index contributed by atoms with van der Waals surface area (Å²) in [6.07, 6.45) is 1.06. The van der Waals surface area contributed by atoms with Crippen molar-refractivity contribution in [2.24, 2.45) is 5.92 Å². The van der Waals surface area contributed by atoms with Gasteiger partial charge in [0.1, 0.15) is 5.82 Å². The Balaban J connectivity index is 2.06. The summed E-state index contributed by atoms with van der Waals surface area (Å²) < 4.78 is 4.69. The molecule has 0 saturated heterocycles. The van der Waals surface area contributed by atoms with E-state index in [4.69, 9.17) is 4.74 Å². The van der Waals surface area contributed by atoms with E-state index in [0.29, 0.717) is 23.2 Å². The van der Waals surface area contributed by atoms with Gasteiger partial charge in [-0.3, -0.25) is 0 Å². The largest absolute Gasteiger partial charge is 0.465 e. The van der Waals surface area contributed by atoms with Crippen molar-refractivity contribution in [3.8, 4) is 0 Å². The molecule has 2 N–H and O–H groups in total. The number of methoxy groups -OCH3 is 1. The number of nitrogens with one attached hydrogen (secondary N) is 2. The molecule has 0 unspecified atom stereocenters. The highest BCUT2D eigenvalue weighted by Gasteiger charge is 2.06. The van der Waals surface area contributed by atoms with Gasteiger partial charge in [-0.05, 0) is 43.5 Å². The van der Waals surface area contributed by atoms with Crippen LogP contribution in [-0.4, -0.2) is 29.6 Å². The Labute approximate surface area is 142 Å². The molecular weight excluding hydrogens is 304 g/mol. The third kappa shape index (κ3) is 5.22. The molecule has 0 aliphatic rings. The molecule has 128 valence electrons. The second kappa shape index (κ2) is 8.29. The molecule has 6 heteroatoms. The predicted octanol–water partition coefficient (Wildman–Crippen LogP) is 3.77. The fourth-order valence-corrected chi connectivity index (χ4v) is 2.14. The number of anilines is 3. The minimum Gasteiger partial charge on any atom is -0.465 e. The Kier molecular flexibility index (Phi) is 6.12. The van der Waals surface area contributed by atoms with Gasteiger partial charge in [0.05, 0.1) is 12.7 Å². The lowest BCUT2D eigenvalue weighted by Crippen LogP contribution is -2.09. The first-order valence-corrected chi connectivity index (χ1v) is 8.03. The zero-order valence-electron chi connectivity index (χ0n) is 14.6. The highest BCUT2D eigenvalue weighted by molar-refractivity contribution is 5.89. The zero-order valence-corrected chi connectivity index (χ0v) is 14.6.